The van der Waals surface area contributed by atoms with Gasteiger partial charge in [-0.1, -0.05) is 54.6 Å². The minimum absolute atomic E-state index is 0.288. The molecule has 0 bridgehead atoms. The summed E-state index contributed by atoms with van der Waals surface area (Å²) in [6.07, 6.45) is 0. The van der Waals surface area contributed by atoms with Crippen molar-refractivity contribution in [1.29, 1.82) is 0 Å². The predicted molar refractivity (Wildman–Crippen MR) is 118 cm³/mol. The number of hydrogen-bond donors (Lipinski definition) is 2. The Hall–Kier alpha value is -4.13. The second kappa shape index (κ2) is 9.13. The first-order valence-corrected chi connectivity index (χ1v) is 9.80. The van der Waals surface area contributed by atoms with E-state index in [1.54, 1.807) is 7.11 Å². The summed E-state index contributed by atoms with van der Waals surface area (Å²) in [7, 11) is 1.56. The van der Waals surface area contributed by atoms with Crippen molar-refractivity contribution in [2.75, 3.05) is 12.4 Å². The van der Waals surface area contributed by atoms with Gasteiger partial charge in [0.1, 0.15) is 11.8 Å². The number of aromatic nitrogens is 2. The summed E-state index contributed by atoms with van der Waals surface area (Å²) in [5.41, 5.74) is 3.20. The van der Waals surface area contributed by atoms with Crippen molar-refractivity contribution in [3.8, 4) is 17.2 Å². The fraction of sp³-hybridized carbons (Fsp3) is 0.125. The van der Waals surface area contributed by atoms with Crippen LogP contribution < -0.4 is 15.4 Å². The third-order valence-electron chi connectivity index (χ3n) is 4.72. The van der Waals surface area contributed by atoms with E-state index in [0.717, 1.165) is 16.7 Å². The highest BCUT2D eigenvalue weighted by atomic mass is 16.5. The quantitative estimate of drug-likeness (QED) is 0.465. The molecule has 7 nitrogen and oxygen atoms in total. The monoisotopic (exact) mass is 414 g/mol. The molecule has 4 aromatic rings. The largest absolute Gasteiger partial charge is 0.495 e. The standard InChI is InChI=1S/C24H22N4O3/c1-16-13-14-20(30-2)19(15-16)25-24(29)26-21(17-9-5-3-6-10-17)23-28-27-22(31-23)18-11-7-4-8-12-18/h3-15,21H,1-2H3,(H2,25,26,29)/t21-/m0/s1. The molecular formula is C24H22N4O3. The van der Waals surface area contributed by atoms with Gasteiger partial charge in [0.25, 0.3) is 0 Å². The predicted octanol–water partition coefficient (Wildman–Crippen LogP) is 4.96. The summed E-state index contributed by atoms with van der Waals surface area (Å²) < 4.78 is 11.3. The molecule has 0 aliphatic carbocycles. The third kappa shape index (κ3) is 4.72. The summed E-state index contributed by atoms with van der Waals surface area (Å²) in [6.45, 7) is 1.94. The normalized spacial score (nSPS) is 11.5. The van der Waals surface area contributed by atoms with E-state index < -0.39 is 12.1 Å². The number of methoxy groups -OCH3 is 1. The Morgan fingerprint density at radius 3 is 2.39 bits per heavy atom. The molecule has 0 saturated heterocycles. The van der Waals surface area contributed by atoms with E-state index in [1.807, 2.05) is 85.8 Å². The minimum Gasteiger partial charge on any atom is -0.495 e. The number of amides is 2. The van der Waals surface area contributed by atoms with Gasteiger partial charge in [-0.25, -0.2) is 4.79 Å². The van der Waals surface area contributed by atoms with Crippen LogP contribution in [0.1, 0.15) is 23.1 Å². The van der Waals surface area contributed by atoms with Crippen LogP contribution >= 0.6 is 0 Å². The number of nitrogens with zero attached hydrogens (tertiary/aromatic N) is 2. The Balaban J connectivity index is 1.60. The van der Waals surface area contributed by atoms with E-state index in [2.05, 4.69) is 20.8 Å². The molecule has 7 heteroatoms. The number of carbonyl (C=O) groups is 1. The van der Waals surface area contributed by atoms with Crippen molar-refractivity contribution in [2.45, 2.75) is 13.0 Å². The molecule has 0 fully saturated rings. The third-order valence-corrected chi connectivity index (χ3v) is 4.72. The van der Waals surface area contributed by atoms with Gasteiger partial charge >= 0.3 is 6.03 Å². The lowest BCUT2D eigenvalue weighted by Gasteiger charge is -2.17. The lowest BCUT2D eigenvalue weighted by atomic mass is 10.1. The molecule has 0 spiro atoms. The van der Waals surface area contributed by atoms with E-state index in [9.17, 15) is 4.79 Å². The Morgan fingerprint density at radius 2 is 1.68 bits per heavy atom. The topological polar surface area (TPSA) is 89.3 Å². The number of rotatable bonds is 6. The van der Waals surface area contributed by atoms with Crippen molar-refractivity contribution in [1.82, 2.24) is 15.5 Å². The molecule has 1 atom stereocenters. The first-order chi connectivity index (χ1) is 15.1. The van der Waals surface area contributed by atoms with E-state index >= 15 is 0 Å². The van der Waals surface area contributed by atoms with Gasteiger partial charge < -0.3 is 19.8 Å². The Morgan fingerprint density at radius 1 is 0.968 bits per heavy atom. The number of carbonyl (C=O) groups excluding carboxylic acids is 1. The summed E-state index contributed by atoms with van der Waals surface area (Å²) in [5.74, 6) is 1.25. The summed E-state index contributed by atoms with van der Waals surface area (Å²) in [6, 6.07) is 23.5. The molecule has 2 N–H and O–H groups in total. The SMILES string of the molecule is COc1ccc(C)cc1NC(=O)N[C@@H](c1ccccc1)c1nnc(-c2ccccc2)o1. The van der Waals surface area contributed by atoms with Crippen molar-refractivity contribution in [3.05, 3.63) is 95.9 Å². The van der Waals surface area contributed by atoms with Crippen molar-refractivity contribution >= 4 is 11.7 Å². The number of aryl methyl sites for hydroxylation is 1. The number of hydrogen-bond acceptors (Lipinski definition) is 5. The molecule has 31 heavy (non-hydrogen) atoms. The lowest BCUT2D eigenvalue weighted by Crippen LogP contribution is -2.33. The molecule has 0 saturated carbocycles. The van der Waals surface area contributed by atoms with Crippen molar-refractivity contribution in [2.24, 2.45) is 0 Å². The van der Waals surface area contributed by atoms with Gasteiger partial charge in [0.15, 0.2) is 0 Å². The van der Waals surface area contributed by atoms with Crippen LogP contribution in [0.3, 0.4) is 0 Å². The van der Waals surface area contributed by atoms with Crippen LogP contribution in [0.2, 0.25) is 0 Å². The van der Waals surface area contributed by atoms with Gasteiger partial charge in [-0.2, -0.15) is 0 Å². The molecule has 0 radical (unpaired) electrons. The fourth-order valence-corrected chi connectivity index (χ4v) is 3.19. The molecule has 156 valence electrons. The van der Waals surface area contributed by atoms with Gasteiger partial charge in [0, 0.05) is 5.56 Å². The maximum atomic E-state index is 12.9. The molecule has 1 heterocycles. The van der Waals surface area contributed by atoms with Gasteiger partial charge in [0.05, 0.1) is 12.8 Å². The highest BCUT2D eigenvalue weighted by Crippen LogP contribution is 2.27. The average molecular weight is 414 g/mol. The van der Waals surface area contributed by atoms with Gasteiger partial charge in [-0.3, -0.25) is 0 Å². The Labute approximate surface area is 180 Å². The zero-order valence-corrected chi connectivity index (χ0v) is 17.2. The first kappa shape index (κ1) is 20.2. The van der Waals surface area contributed by atoms with E-state index in [-0.39, 0.29) is 5.89 Å². The van der Waals surface area contributed by atoms with Crippen molar-refractivity contribution < 1.29 is 13.9 Å². The fourth-order valence-electron chi connectivity index (χ4n) is 3.19. The number of ether oxygens (including phenoxy) is 1. The molecule has 3 aromatic carbocycles. The molecule has 1 aromatic heterocycles. The zero-order chi connectivity index (χ0) is 21.6. The summed E-state index contributed by atoms with van der Waals surface area (Å²) in [5, 5.41) is 14.1. The van der Waals surface area contributed by atoms with E-state index in [0.29, 0.717) is 17.3 Å². The van der Waals surface area contributed by atoms with Gasteiger partial charge in [-0.05, 0) is 42.3 Å². The van der Waals surface area contributed by atoms with Crippen LogP contribution in [0, 0.1) is 6.92 Å². The molecule has 4 rings (SSSR count). The number of urea groups is 1. The van der Waals surface area contributed by atoms with Crippen LogP contribution in [0.15, 0.2) is 83.3 Å². The number of anilines is 1. The highest BCUT2D eigenvalue weighted by Gasteiger charge is 2.24. The van der Waals surface area contributed by atoms with Crippen LogP contribution in [0.4, 0.5) is 10.5 Å². The Kier molecular flexibility index (Phi) is 5.93. The molecule has 2 amide bonds. The minimum atomic E-state index is -0.623. The lowest BCUT2D eigenvalue weighted by molar-refractivity contribution is 0.248. The van der Waals surface area contributed by atoms with Crippen LogP contribution in [0.5, 0.6) is 5.75 Å². The van der Waals surface area contributed by atoms with E-state index in [4.69, 9.17) is 9.15 Å². The summed E-state index contributed by atoms with van der Waals surface area (Å²) >= 11 is 0. The molecular weight excluding hydrogens is 392 g/mol. The van der Waals surface area contributed by atoms with Gasteiger partial charge in [0.2, 0.25) is 11.8 Å². The van der Waals surface area contributed by atoms with Crippen LogP contribution in [-0.4, -0.2) is 23.3 Å². The van der Waals surface area contributed by atoms with Crippen molar-refractivity contribution in [3.63, 3.8) is 0 Å². The second-order valence-electron chi connectivity index (χ2n) is 6.96. The number of nitrogens with one attached hydrogen (secondary N) is 2. The molecule has 0 aliphatic rings. The maximum absolute atomic E-state index is 12.9. The number of benzene rings is 3. The van der Waals surface area contributed by atoms with Gasteiger partial charge in [-0.15, -0.1) is 10.2 Å². The van der Waals surface area contributed by atoms with Crippen LogP contribution in [-0.2, 0) is 0 Å². The first-order valence-electron chi connectivity index (χ1n) is 9.80. The average Bonchev–Trinajstić information content (AvgIpc) is 3.29. The maximum Gasteiger partial charge on any atom is 0.320 e. The Bertz CT molecular complexity index is 1160. The highest BCUT2D eigenvalue weighted by molar-refractivity contribution is 5.91. The smallest absolute Gasteiger partial charge is 0.320 e. The van der Waals surface area contributed by atoms with E-state index in [1.165, 1.54) is 0 Å². The molecule has 0 aliphatic heterocycles. The second-order valence-corrected chi connectivity index (χ2v) is 6.96. The summed E-state index contributed by atoms with van der Waals surface area (Å²) in [4.78, 5) is 12.9. The zero-order valence-electron chi connectivity index (χ0n) is 17.2. The molecule has 0 unspecified atom stereocenters. The van der Waals surface area contributed by atoms with Crippen LogP contribution in [0.25, 0.3) is 11.5 Å².